The minimum Gasteiger partial charge on any atom is -0.372 e. The second-order valence-corrected chi connectivity index (χ2v) is 5.80. The molecule has 2 aromatic rings. The molecule has 0 saturated carbocycles. The van der Waals surface area contributed by atoms with Gasteiger partial charge in [0, 0.05) is 18.7 Å². The molecule has 0 fully saturated rings. The van der Waals surface area contributed by atoms with Gasteiger partial charge in [0.25, 0.3) is 0 Å². The van der Waals surface area contributed by atoms with Crippen LogP contribution < -0.4 is 5.32 Å². The van der Waals surface area contributed by atoms with Gasteiger partial charge in [-0.25, -0.2) is 4.39 Å². The second kappa shape index (κ2) is 7.33. The van der Waals surface area contributed by atoms with Crippen molar-refractivity contribution >= 4 is 23.3 Å². The standard InChI is InChI=1S/C17H18FNO2S/c1-17(21-2,14-5-3-4-6-15(14)18)12-19-16(20)8-7-13-9-10-22-11-13/h3-11H,12H2,1-2H3,(H,19,20)/b8-7+/t17-/m0/s1. The van der Waals surface area contributed by atoms with Gasteiger partial charge in [-0.05, 0) is 41.5 Å². The predicted octanol–water partition coefficient (Wildman–Crippen LogP) is 3.58. The molecule has 0 bridgehead atoms. The van der Waals surface area contributed by atoms with E-state index >= 15 is 0 Å². The first-order valence-electron chi connectivity index (χ1n) is 6.83. The van der Waals surface area contributed by atoms with Crippen LogP contribution in [0.2, 0.25) is 0 Å². The molecule has 1 heterocycles. The molecule has 0 unspecified atom stereocenters. The fourth-order valence-electron chi connectivity index (χ4n) is 2.02. The van der Waals surface area contributed by atoms with Crippen molar-refractivity contribution in [1.82, 2.24) is 5.32 Å². The fourth-order valence-corrected chi connectivity index (χ4v) is 2.65. The Hall–Kier alpha value is -1.98. The average Bonchev–Trinajstić information content (AvgIpc) is 3.04. The van der Waals surface area contributed by atoms with E-state index in [1.165, 1.54) is 19.3 Å². The van der Waals surface area contributed by atoms with Gasteiger partial charge in [-0.1, -0.05) is 18.2 Å². The number of hydrogen-bond acceptors (Lipinski definition) is 3. The summed E-state index contributed by atoms with van der Waals surface area (Å²) in [6, 6.07) is 8.33. The van der Waals surface area contributed by atoms with Gasteiger partial charge in [0.05, 0.1) is 6.54 Å². The maximum atomic E-state index is 13.9. The molecule has 1 amide bonds. The van der Waals surface area contributed by atoms with Crippen LogP contribution in [0.25, 0.3) is 6.08 Å². The lowest BCUT2D eigenvalue weighted by Crippen LogP contribution is -2.40. The molecule has 3 nitrogen and oxygen atoms in total. The van der Waals surface area contributed by atoms with Crippen LogP contribution >= 0.6 is 11.3 Å². The van der Waals surface area contributed by atoms with Gasteiger partial charge in [-0.3, -0.25) is 4.79 Å². The summed E-state index contributed by atoms with van der Waals surface area (Å²) in [5, 5.41) is 6.64. The molecule has 2 rings (SSSR count). The molecule has 1 atom stereocenters. The largest absolute Gasteiger partial charge is 0.372 e. The van der Waals surface area contributed by atoms with Crippen LogP contribution in [-0.2, 0) is 15.1 Å². The van der Waals surface area contributed by atoms with Gasteiger partial charge >= 0.3 is 0 Å². The Balaban J connectivity index is 2.01. The van der Waals surface area contributed by atoms with Crippen LogP contribution in [0.5, 0.6) is 0 Å². The van der Waals surface area contributed by atoms with Crippen LogP contribution in [0.4, 0.5) is 4.39 Å². The summed E-state index contributed by atoms with van der Waals surface area (Å²) in [6.45, 7) is 1.92. The van der Waals surface area contributed by atoms with Crippen LogP contribution in [-0.4, -0.2) is 19.6 Å². The summed E-state index contributed by atoms with van der Waals surface area (Å²) in [5.74, 6) is -0.597. The number of amides is 1. The smallest absolute Gasteiger partial charge is 0.244 e. The van der Waals surface area contributed by atoms with Crippen LogP contribution in [0.15, 0.2) is 47.2 Å². The van der Waals surface area contributed by atoms with E-state index in [0.717, 1.165) is 5.56 Å². The third kappa shape index (κ3) is 4.02. The fraction of sp³-hybridized carbons (Fsp3) is 0.235. The van der Waals surface area contributed by atoms with Gasteiger partial charge in [0.15, 0.2) is 0 Å². The minimum atomic E-state index is -0.919. The first kappa shape index (κ1) is 16.4. The summed E-state index contributed by atoms with van der Waals surface area (Å²) >= 11 is 1.57. The summed E-state index contributed by atoms with van der Waals surface area (Å²) in [4.78, 5) is 11.9. The van der Waals surface area contributed by atoms with E-state index in [1.807, 2.05) is 16.8 Å². The van der Waals surface area contributed by atoms with Crippen LogP contribution in [0.3, 0.4) is 0 Å². The molecule has 0 spiro atoms. The van der Waals surface area contributed by atoms with Crippen molar-refractivity contribution in [2.24, 2.45) is 0 Å². The molecule has 1 aromatic heterocycles. The lowest BCUT2D eigenvalue weighted by molar-refractivity contribution is -0.118. The van der Waals surface area contributed by atoms with Crippen molar-refractivity contribution in [3.05, 3.63) is 64.1 Å². The average molecular weight is 319 g/mol. The zero-order valence-corrected chi connectivity index (χ0v) is 13.3. The van der Waals surface area contributed by atoms with Gasteiger partial charge < -0.3 is 10.1 Å². The van der Waals surface area contributed by atoms with Crippen LogP contribution in [0.1, 0.15) is 18.1 Å². The number of carbonyl (C=O) groups excluding carboxylic acids is 1. The monoisotopic (exact) mass is 319 g/mol. The first-order valence-corrected chi connectivity index (χ1v) is 7.78. The summed E-state index contributed by atoms with van der Waals surface area (Å²) in [6.07, 6.45) is 3.19. The third-order valence-corrected chi connectivity index (χ3v) is 4.17. The number of benzene rings is 1. The molecule has 5 heteroatoms. The highest BCUT2D eigenvalue weighted by molar-refractivity contribution is 7.08. The number of nitrogens with one attached hydrogen (secondary N) is 1. The van der Waals surface area contributed by atoms with Gasteiger partial charge in [-0.2, -0.15) is 11.3 Å². The van der Waals surface area contributed by atoms with E-state index in [4.69, 9.17) is 4.74 Å². The third-order valence-electron chi connectivity index (χ3n) is 3.46. The molecule has 0 saturated heterocycles. The van der Waals surface area contributed by atoms with Crippen molar-refractivity contribution in [2.75, 3.05) is 13.7 Å². The number of carbonyl (C=O) groups is 1. The van der Waals surface area contributed by atoms with Crippen molar-refractivity contribution in [2.45, 2.75) is 12.5 Å². The van der Waals surface area contributed by atoms with Gasteiger partial charge in [-0.15, -0.1) is 0 Å². The highest BCUT2D eigenvalue weighted by Crippen LogP contribution is 2.26. The van der Waals surface area contributed by atoms with E-state index in [9.17, 15) is 9.18 Å². The Morgan fingerprint density at radius 3 is 2.82 bits per heavy atom. The molecule has 0 aliphatic rings. The van der Waals surface area contributed by atoms with Crippen molar-refractivity contribution in [1.29, 1.82) is 0 Å². The van der Waals surface area contributed by atoms with E-state index in [2.05, 4.69) is 5.32 Å². The number of ether oxygens (including phenoxy) is 1. The first-order chi connectivity index (χ1) is 10.5. The van der Waals surface area contributed by atoms with Gasteiger partial charge in [0.1, 0.15) is 11.4 Å². The molecule has 1 N–H and O–H groups in total. The summed E-state index contributed by atoms with van der Waals surface area (Å²) in [5.41, 5.74) is 0.473. The molecule has 22 heavy (non-hydrogen) atoms. The minimum absolute atomic E-state index is 0.178. The Morgan fingerprint density at radius 1 is 1.41 bits per heavy atom. The maximum Gasteiger partial charge on any atom is 0.244 e. The number of rotatable bonds is 6. The van der Waals surface area contributed by atoms with Crippen molar-refractivity contribution in [3.8, 4) is 0 Å². The number of thiophene rings is 1. The van der Waals surface area contributed by atoms with E-state index in [0.29, 0.717) is 5.56 Å². The molecule has 0 aliphatic heterocycles. The van der Waals surface area contributed by atoms with E-state index in [1.54, 1.807) is 42.5 Å². The normalized spacial score (nSPS) is 14.0. The van der Waals surface area contributed by atoms with Crippen molar-refractivity contribution < 1.29 is 13.9 Å². The summed E-state index contributed by atoms with van der Waals surface area (Å²) in [7, 11) is 1.50. The lowest BCUT2D eigenvalue weighted by atomic mass is 9.95. The molecule has 1 aromatic carbocycles. The highest BCUT2D eigenvalue weighted by atomic mass is 32.1. The molecule has 0 aliphatic carbocycles. The Kier molecular flexibility index (Phi) is 5.46. The predicted molar refractivity (Wildman–Crippen MR) is 87.1 cm³/mol. The van der Waals surface area contributed by atoms with Gasteiger partial charge in [0.2, 0.25) is 5.91 Å². The quantitative estimate of drug-likeness (QED) is 0.827. The lowest BCUT2D eigenvalue weighted by Gasteiger charge is -2.29. The molecule has 0 radical (unpaired) electrons. The Morgan fingerprint density at radius 2 is 2.18 bits per heavy atom. The maximum absolute atomic E-state index is 13.9. The topological polar surface area (TPSA) is 38.3 Å². The molecular weight excluding hydrogens is 301 g/mol. The summed E-state index contributed by atoms with van der Waals surface area (Å²) < 4.78 is 19.4. The SMILES string of the molecule is CO[C@@](C)(CNC(=O)/C=C/c1ccsc1)c1ccccc1F. The van der Waals surface area contributed by atoms with Crippen molar-refractivity contribution in [3.63, 3.8) is 0 Å². The van der Waals surface area contributed by atoms with E-state index < -0.39 is 5.60 Å². The number of methoxy groups -OCH3 is 1. The molecule has 116 valence electrons. The van der Waals surface area contributed by atoms with Crippen LogP contribution in [0, 0.1) is 5.82 Å². The Labute approximate surface area is 133 Å². The number of hydrogen-bond donors (Lipinski definition) is 1. The Bertz CT molecular complexity index is 654. The number of halogens is 1. The zero-order valence-electron chi connectivity index (χ0n) is 12.5. The molecular formula is C17H18FNO2S. The second-order valence-electron chi connectivity index (χ2n) is 5.02. The van der Waals surface area contributed by atoms with E-state index in [-0.39, 0.29) is 18.3 Å². The zero-order chi connectivity index (χ0) is 16.0. The highest BCUT2D eigenvalue weighted by Gasteiger charge is 2.29.